The van der Waals surface area contributed by atoms with E-state index in [4.69, 9.17) is 0 Å². The Hall–Kier alpha value is -0.930. The highest BCUT2D eigenvalue weighted by Crippen LogP contribution is 2.21. The Morgan fingerprint density at radius 1 is 1.36 bits per heavy atom. The number of nitrogens with one attached hydrogen (secondary N) is 1. The molecule has 1 aromatic heterocycles. The molecule has 0 bridgehead atoms. The number of hydrogen-bond acceptors (Lipinski definition) is 2. The smallest absolute Gasteiger partial charge is 0.155 e. The molecule has 0 saturated carbocycles. The lowest BCUT2D eigenvalue weighted by molar-refractivity contribution is 0.283. The Kier molecular flexibility index (Phi) is 4.04. The third-order valence-electron chi connectivity index (χ3n) is 2.14. The molecule has 1 aliphatic heterocycles. The van der Waals surface area contributed by atoms with Crippen LogP contribution < -0.4 is 5.32 Å². The van der Waals surface area contributed by atoms with Crippen molar-refractivity contribution in [2.24, 2.45) is 0 Å². The second kappa shape index (κ2) is 5.08. The van der Waals surface area contributed by atoms with Crippen LogP contribution in [0.2, 0.25) is 0 Å². The Balaban J connectivity index is 0.000000980. The SMILES string of the molecule is Cl.FC1CC(c2ccncc2)=CCN1. The maximum atomic E-state index is 13.0. The maximum Gasteiger partial charge on any atom is 0.155 e. The minimum atomic E-state index is -0.909. The topological polar surface area (TPSA) is 24.9 Å². The molecule has 2 nitrogen and oxygen atoms in total. The Morgan fingerprint density at radius 3 is 2.71 bits per heavy atom. The second-order valence-electron chi connectivity index (χ2n) is 3.05. The van der Waals surface area contributed by atoms with E-state index in [0.29, 0.717) is 13.0 Å². The van der Waals surface area contributed by atoms with Gasteiger partial charge in [-0.15, -0.1) is 12.4 Å². The van der Waals surface area contributed by atoms with E-state index in [0.717, 1.165) is 11.1 Å². The number of halogens is 2. The predicted octanol–water partition coefficient (Wildman–Crippen LogP) is 2.18. The molecule has 0 amide bonds. The van der Waals surface area contributed by atoms with Crippen molar-refractivity contribution >= 4 is 18.0 Å². The van der Waals surface area contributed by atoms with Crippen molar-refractivity contribution in [2.75, 3.05) is 6.54 Å². The van der Waals surface area contributed by atoms with E-state index in [1.807, 2.05) is 18.2 Å². The molecule has 1 aromatic rings. The van der Waals surface area contributed by atoms with Gasteiger partial charge in [0.15, 0.2) is 6.30 Å². The van der Waals surface area contributed by atoms with Gasteiger partial charge in [-0.2, -0.15) is 0 Å². The molecule has 0 aromatic carbocycles. The molecule has 2 rings (SSSR count). The van der Waals surface area contributed by atoms with Crippen LogP contribution in [-0.2, 0) is 0 Å². The molecule has 1 unspecified atom stereocenters. The Morgan fingerprint density at radius 2 is 2.07 bits per heavy atom. The fraction of sp³-hybridized carbons (Fsp3) is 0.300. The molecule has 4 heteroatoms. The lowest BCUT2D eigenvalue weighted by Gasteiger charge is -2.17. The van der Waals surface area contributed by atoms with Crippen LogP contribution in [0.3, 0.4) is 0 Å². The van der Waals surface area contributed by atoms with Crippen molar-refractivity contribution in [1.29, 1.82) is 0 Å². The monoisotopic (exact) mass is 214 g/mol. The lowest BCUT2D eigenvalue weighted by atomic mass is 10.0. The van der Waals surface area contributed by atoms with Crippen molar-refractivity contribution in [3.8, 4) is 0 Å². The van der Waals surface area contributed by atoms with E-state index in [-0.39, 0.29) is 12.4 Å². The molecular formula is C10H12ClFN2. The highest BCUT2D eigenvalue weighted by molar-refractivity contribution is 5.85. The maximum absolute atomic E-state index is 13.0. The number of nitrogens with zero attached hydrogens (tertiary/aromatic N) is 1. The largest absolute Gasteiger partial charge is 0.284 e. The van der Waals surface area contributed by atoms with Crippen LogP contribution >= 0.6 is 12.4 Å². The van der Waals surface area contributed by atoms with E-state index < -0.39 is 6.30 Å². The zero-order valence-corrected chi connectivity index (χ0v) is 8.43. The molecule has 0 saturated heterocycles. The van der Waals surface area contributed by atoms with Crippen LogP contribution in [0, 0.1) is 0 Å². The normalized spacial score (nSPS) is 20.9. The van der Waals surface area contributed by atoms with Crippen LogP contribution in [0.1, 0.15) is 12.0 Å². The number of alkyl halides is 1. The van der Waals surface area contributed by atoms with E-state index in [2.05, 4.69) is 10.3 Å². The first-order valence-corrected chi connectivity index (χ1v) is 4.33. The lowest BCUT2D eigenvalue weighted by Crippen LogP contribution is -2.28. The fourth-order valence-corrected chi connectivity index (χ4v) is 1.46. The van der Waals surface area contributed by atoms with Gasteiger partial charge in [-0.1, -0.05) is 6.08 Å². The fourth-order valence-electron chi connectivity index (χ4n) is 1.46. The van der Waals surface area contributed by atoms with Crippen LogP contribution in [0.25, 0.3) is 5.57 Å². The zero-order valence-electron chi connectivity index (χ0n) is 7.61. The molecule has 0 spiro atoms. The number of pyridine rings is 1. The molecular weight excluding hydrogens is 203 g/mol. The van der Waals surface area contributed by atoms with Crippen LogP contribution in [-0.4, -0.2) is 17.8 Å². The van der Waals surface area contributed by atoms with Gasteiger partial charge in [-0.3, -0.25) is 10.3 Å². The van der Waals surface area contributed by atoms with E-state index in [1.165, 1.54) is 0 Å². The second-order valence-corrected chi connectivity index (χ2v) is 3.05. The van der Waals surface area contributed by atoms with Crippen molar-refractivity contribution in [1.82, 2.24) is 10.3 Å². The summed E-state index contributed by atoms with van der Waals surface area (Å²) in [7, 11) is 0. The van der Waals surface area contributed by atoms with Gasteiger partial charge in [-0.25, -0.2) is 4.39 Å². The summed E-state index contributed by atoms with van der Waals surface area (Å²) in [5.74, 6) is 0. The highest BCUT2D eigenvalue weighted by atomic mass is 35.5. The molecule has 0 radical (unpaired) electrons. The summed E-state index contributed by atoms with van der Waals surface area (Å²) in [6.07, 6.45) is 5.01. The van der Waals surface area contributed by atoms with Gasteiger partial charge in [0.25, 0.3) is 0 Å². The van der Waals surface area contributed by atoms with Crippen molar-refractivity contribution in [3.63, 3.8) is 0 Å². The summed E-state index contributed by atoms with van der Waals surface area (Å²) in [6.45, 7) is 0.610. The quantitative estimate of drug-likeness (QED) is 0.725. The third-order valence-corrected chi connectivity index (χ3v) is 2.14. The Labute approximate surface area is 88.6 Å². The van der Waals surface area contributed by atoms with Gasteiger partial charge in [-0.05, 0) is 23.3 Å². The zero-order chi connectivity index (χ0) is 9.10. The number of rotatable bonds is 1. The minimum Gasteiger partial charge on any atom is -0.284 e. The highest BCUT2D eigenvalue weighted by Gasteiger charge is 2.13. The van der Waals surface area contributed by atoms with Crippen molar-refractivity contribution in [2.45, 2.75) is 12.7 Å². The van der Waals surface area contributed by atoms with E-state index >= 15 is 0 Å². The van der Waals surface area contributed by atoms with Gasteiger partial charge < -0.3 is 0 Å². The molecule has 2 heterocycles. The van der Waals surface area contributed by atoms with Gasteiger partial charge >= 0.3 is 0 Å². The number of aromatic nitrogens is 1. The minimum absolute atomic E-state index is 0. The average Bonchev–Trinajstić information content (AvgIpc) is 2.19. The molecule has 76 valence electrons. The molecule has 1 N–H and O–H groups in total. The van der Waals surface area contributed by atoms with E-state index in [9.17, 15) is 4.39 Å². The molecule has 0 aliphatic carbocycles. The first-order valence-electron chi connectivity index (χ1n) is 4.33. The molecule has 1 atom stereocenters. The standard InChI is InChI=1S/C10H11FN2.ClH/c11-10-7-9(3-6-13-10)8-1-4-12-5-2-8;/h1-5,10,13H,6-7H2;1H. The van der Waals surface area contributed by atoms with Crippen LogP contribution in [0.15, 0.2) is 30.6 Å². The van der Waals surface area contributed by atoms with E-state index in [1.54, 1.807) is 12.4 Å². The molecule has 0 fully saturated rings. The summed E-state index contributed by atoms with van der Waals surface area (Å²) < 4.78 is 13.0. The third kappa shape index (κ3) is 2.53. The van der Waals surface area contributed by atoms with Gasteiger partial charge in [0.05, 0.1) is 0 Å². The summed E-state index contributed by atoms with van der Waals surface area (Å²) in [6, 6.07) is 3.81. The van der Waals surface area contributed by atoms with Gasteiger partial charge in [0, 0.05) is 25.4 Å². The van der Waals surface area contributed by atoms with Crippen molar-refractivity contribution in [3.05, 3.63) is 36.2 Å². The Bertz CT molecular complexity index is 313. The van der Waals surface area contributed by atoms with Crippen molar-refractivity contribution < 1.29 is 4.39 Å². The van der Waals surface area contributed by atoms with Gasteiger partial charge in [0.2, 0.25) is 0 Å². The number of hydrogen-bond donors (Lipinski definition) is 1. The molecule has 1 aliphatic rings. The van der Waals surface area contributed by atoms with Crippen LogP contribution in [0.5, 0.6) is 0 Å². The summed E-state index contributed by atoms with van der Waals surface area (Å²) in [5.41, 5.74) is 2.13. The molecule has 14 heavy (non-hydrogen) atoms. The van der Waals surface area contributed by atoms with Gasteiger partial charge in [0.1, 0.15) is 0 Å². The predicted molar refractivity (Wildman–Crippen MR) is 57.0 cm³/mol. The summed E-state index contributed by atoms with van der Waals surface area (Å²) in [5, 5.41) is 2.72. The first kappa shape index (κ1) is 11.1. The average molecular weight is 215 g/mol. The van der Waals surface area contributed by atoms with Crippen LogP contribution in [0.4, 0.5) is 4.39 Å². The first-order chi connectivity index (χ1) is 6.36. The summed E-state index contributed by atoms with van der Waals surface area (Å²) in [4.78, 5) is 3.92. The summed E-state index contributed by atoms with van der Waals surface area (Å²) >= 11 is 0.